The van der Waals surface area contributed by atoms with Gasteiger partial charge in [-0.15, -0.1) is 0 Å². The van der Waals surface area contributed by atoms with Gasteiger partial charge in [-0.05, 0) is 12.1 Å². The van der Waals surface area contributed by atoms with E-state index in [9.17, 15) is 9.59 Å². The van der Waals surface area contributed by atoms with E-state index in [4.69, 9.17) is 4.42 Å². The van der Waals surface area contributed by atoms with Crippen molar-refractivity contribution < 1.29 is 14.0 Å². The molecule has 20 heavy (non-hydrogen) atoms. The third-order valence-electron chi connectivity index (χ3n) is 3.80. The summed E-state index contributed by atoms with van der Waals surface area (Å²) in [6.45, 7) is 2.84. The molecule has 0 radical (unpaired) electrons. The molecule has 3 rings (SSSR count). The van der Waals surface area contributed by atoms with E-state index in [0.29, 0.717) is 19.5 Å². The van der Waals surface area contributed by atoms with Crippen LogP contribution in [0, 0.1) is 0 Å². The molecule has 2 amide bonds. The quantitative estimate of drug-likeness (QED) is 0.728. The Morgan fingerprint density at radius 3 is 2.75 bits per heavy atom. The van der Waals surface area contributed by atoms with Gasteiger partial charge in [0.1, 0.15) is 12.0 Å². The number of carbonyl (C=O) groups excluding carboxylic acids is 2. The van der Waals surface area contributed by atoms with Crippen molar-refractivity contribution in [3.8, 4) is 0 Å². The summed E-state index contributed by atoms with van der Waals surface area (Å²) in [5.74, 6) is 0.782. The number of rotatable bonds is 3. The molecule has 2 atom stereocenters. The summed E-state index contributed by atoms with van der Waals surface area (Å²) in [6.07, 6.45) is 2.65. The number of carbonyl (C=O) groups is 2. The second kappa shape index (κ2) is 5.64. The number of amides is 2. The zero-order valence-electron chi connectivity index (χ0n) is 11.1. The number of nitrogens with one attached hydrogen (secondary N) is 2. The van der Waals surface area contributed by atoms with Crippen LogP contribution in [0.5, 0.6) is 0 Å². The molecule has 2 unspecified atom stereocenters. The van der Waals surface area contributed by atoms with Crippen molar-refractivity contribution in [2.45, 2.75) is 18.8 Å². The van der Waals surface area contributed by atoms with Gasteiger partial charge in [0.05, 0.1) is 12.3 Å². The van der Waals surface area contributed by atoms with Gasteiger partial charge in [0.2, 0.25) is 12.3 Å². The van der Waals surface area contributed by atoms with Crippen molar-refractivity contribution in [3.63, 3.8) is 0 Å². The molecule has 7 heteroatoms. The van der Waals surface area contributed by atoms with Crippen molar-refractivity contribution >= 4 is 12.3 Å². The first-order chi connectivity index (χ1) is 9.76. The Morgan fingerprint density at radius 2 is 2.10 bits per heavy atom. The van der Waals surface area contributed by atoms with E-state index in [-0.39, 0.29) is 18.2 Å². The maximum Gasteiger partial charge on any atom is 0.224 e. The Morgan fingerprint density at radius 1 is 1.30 bits per heavy atom. The fraction of sp³-hybridized carbons (Fsp3) is 0.538. The third-order valence-corrected chi connectivity index (χ3v) is 3.80. The zero-order chi connectivity index (χ0) is 13.9. The van der Waals surface area contributed by atoms with Gasteiger partial charge in [-0.1, -0.05) is 0 Å². The highest BCUT2D eigenvalue weighted by atomic mass is 16.3. The Bertz CT molecular complexity index is 468. The first-order valence-electron chi connectivity index (χ1n) is 6.78. The molecular weight excluding hydrogens is 260 g/mol. The van der Waals surface area contributed by atoms with Gasteiger partial charge in [-0.25, -0.2) is 0 Å². The van der Waals surface area contributed by atoms with E-state index in [1.807, 2.05) is 12.1 Å². The van der Waals surface area contributed by atoms with Gasteiger partial charge in [0, 0.05) is 32.6 Å². The predicted molar refractivity (Wildman–Crippen MR) is 70.3 cm³/mol. The highest BCUT2D eigenvalue weighted by Crippen LogP contribution is 2.21. The minimum Gasteiger partial charge on any atom is -0.468 e. The monoisotopic (exact) mass is 278 g/mol. The number of furan rings is 1. The summed E-state index contributed by atoms with van der Waals surface area (Å²) in [6, 6.07) is 3.59. The fourth-order valence-electron chi connectivity index (χ4n) is 2.66. The van der Waals surface area contributed by atoms with Crippen molar-refractivity contribution in [1.82, 2.24) is 20.4 Å². The number of hydrogen-bond acceptors (Lipinski definition) is 5. The van der Waals surface area contributed by atoms with Crippen LogP contribution in [0.4, 0.5) is 0 Å². The van der Waals surface area contributed by atoms with E-state index in [0.717, 1.165) is 25.3 Å². The minimum absolute atomic E-state index is 0.00738. The second-order valence-corrected chi connectivity index (χ2v) is 5.09. The van der Waals surface area contributed by atoms with Crippen molar-refractivity contribution in [1.29, 1.82) is 0 Å². The van der Waals surface area contributed by atoms with E-state index in [2.05, 4.69) is 15.5 Å². The van der Waals surface area contributed by atoms with Crippen LogP contribution in [-0.2, 0) is 9.59 Å². The van der Waals surface area contributed by atoms with Crippen LogP contribution >= 0.6 is 0 Å². The summed E-state index contributed by atoms with van der Waals surface area (Å²) in [4.78, 5) is 26.4. The maximum absolute atomic E-state index is 11.9. The van der Waals surface area contributed by atoms with Gasteiger partial charge in [-0.3, -0.25) is 19.8 Å². The van der Waals surface area contributed by atoms with Crippen LogP contribution in [0.3, 0.4) is 0 Å². The molecule has 2 fully saturated rings. The Kier molecular flexibility index (Phi) is 3.70. The topological polar surface area (TPSA) is 77.8 Å². The Labute approximate surface area is 116 Å². The molecule has 2 N–H and O–H groups in total. The van der Waals surface area contributed by atoms with Crippen molar-refractivity contribution in [2.75, 3.05) is 26.2 Å². The van der Waals surface area contributed by atoms with Crippen LogP contribution in [0.15, 0.2) is 22.8 Å². The lowest BCUT2D eigenvalue weighted by Gasteiger charge is -2.41. The zero-order valence-corrected chi connectivity index (χ0v) is 11.1. The summed E-state index contributed by atoms with van der Waals surface area (Å²) < 4.78 is 5.38. The van der Waals surface area contributed by atoms with Crippen LogP contribution in [0.1, 0.15) is 18.2 Å². The SMILES string of the molecule is O=CN1CCN(C2NC(=O)CC(c3ccco3)N2)CC1. The summed E-state index contributed by atoms with van der Waals surface area (Å²) in [5.41, 5.74) is 0. The lowest BCUT2D eigenvalue weighted by Crippen LogP contribution is -2.64. The van der Waals surface area contributed by atoms with E-state index in [1.165, 1.54) is 0 Å². The molecule has 2 saturated heterocycles. The molecule has 108 valence electrons. The third kappa shape index (κ3) is 2.68. The smallest absolute Gasteiger partial charge is 0.224 e. The first kappa shape index (κ1) is 13.1. The lowest BCUT2D eigenvalue weighted by molar-refractivity contribution is -0.129. The van der Waals surface area contributed by atoms with Gasteiger partial charge >= 0.3 is 0 Å². The average Bonchev–Trinajstić information content (AvgIpc) is 3.01. The average molecular weight is 278 g/mol. The van der Waals surface area contributed by atoms with Crippen molar-refractivity contribution in [3.05, 3.63) is 24.2 Å². The van der Waals surface area contributed by atoms with Gasteiger partial charge in [-0.2, -0.15) is 0 Å². The summed E-state index contributed by atoms with van der Waals surface area (Å²) in [7, 11) is 0. The molecule has 1 aromatic rings. The van der Waals surface area contributed by atoms with Crippen LogP contribution in [0.25, 0.3) is 0 Å². The first-order valence-corrected chi connectivity index (χ1v) is 6.78. The van der Waals surface area contributed by atoms with E-state index < -0.39 is 0 Å². The molecule has 0 spiro atoms. The molecule has 2 aliphatic heterocycles. The molecular formula is C13H18N4O3. The molecule has 7 nitrogen and oxygen atoms in total. The predicted octanol–water partition coefficient (Wildman–Crippen LogP) is -0.512. The standard InChI is InChI=1S/C13H18N4O3/c18-9-16-3-5-17(6-4-16)13-14-10(8-12(19)15-13)11-2-1-7-20-11/h1-2,7,9-10,13-14H,3-6,8H2,(H,15,19). The van der Waals surface area contributed by atoms with Gasteiger partial charge in [0.25, 0.3) is 0 Å². The van der Waals surface area contributed by atoms with Gasteiger partial charge in [0.15, 0.2) is 0 Å². The largest absolute Gasteiger partial charge is 0.468 e. The second-order valence-electron chi connectivity index (χ2n) is 5.09. The Hall–Kier alpha value is -1.86. The summed E-state index contributed by atoms with van der Waals surface area (Å²) >= 11 is 0. The molecule has 0 saturated carbocycles. The molecule has 0 aromatic carbocycles. The Balaban J connectivity index is 1.64. The normalized spacial score (nSPS) is 28.2. The fourth-order valence-corrected chi connectivity index (χ4v) is 2.66. The van der Waals surface area contributed by atoms with Crippen molar-refractivity contribution in [2.24, 2.45) is 0 Å². The van der Waals surface area contributed by atoms with Crippen LogP contribution < -0.4 is 10.6 Å². The number of nitrogens with zero attached hydrogens (tertiary/aromatic N) is 2. The number of hydrogen-bond donors (Lipinski definition) is 2. The summed E-state index contributed by atoms with van der Waals surface area (Å²) in [5, 5.41) is 6.32. The lowest BCUT2D eigenvalue weighted by atomic mass is 10.1. The van der Waals surface area contributed by atoms with E-state index in [1.54, 1.807) is 11.2 Å². The maximum atomic E-state index is 11.9. The van der Waals surface area contributed by atoms with Crippen LogP contribution in [-0.4, -0.2) is 54.6 Å². The van der Waals surface area contributed by atoms with Crippen LogP contribution in [0.2, 0.25) is 0 Å². The van der Waals surface area contributed by atoms with E-state index >= 15 is 0 Å². The van der Waals surface area contributed by atoms with Gasteiger partial charge < -0.3 is 14.6 Å². The molecule has 3 heterocycles. The molecule has 2 aliphatic rings. The molecule has 0 bridgehead atoms. The molecule has 1 aromatic heterocycles. The highest BCUT2D eigenvalue weighted by molar-refractivity contribution is 5.77. The minimum atomic E-state index is -0.208. The molecule has 0 aliphatic carbocycles. The highest BCUT2D eigenvalue weighted by Gasteiger charge is 2.33. The number of piperazine rings is 1.